The minimum absolute atomic E-state index is 0.213. The number of nitrogens with zero attached hydrogens (tertiary/aromatic N) is 3. The number of nitrogen functional groups attached to an aromatic ring is 1. The monoisotopic (exact) mass is 359 g/mol. The van der Waals surface area contributed by atoms with Crippen molar-refractivity contribution in [2.75, 3.05) is 36.8 Å². The first-order chi connectivity index (χ1) is 13.2. The fourth-order valence-corrected chi connectivity index (χ4v) is 3.20. The standard InChI is InChI=1S/C21H21N5O/c22-21-17(13-16(14-24-21)15-5-2-1-3-6-15)20(27)18-7-4-8-19(25-18)26-11-9-23-10-12-26/h1-8,13-14,23H,9-12H2,(H2,22,24). The molecule has 1 aliphatic heterocycles. The van der Waals surface area contributed by atoms with E-state index in [9.17, 15) is 4.79 Å². The largest absolute Gasteiger partial charge is 0.383 e. The molecule has 0 radical (unpaired) electrons. The Balaban J connectivity index is 1.66. The number of aromatic nitrogens is 2. The molecule has 3 N–H and O–H groups in total. The molecule has 1 saturated heterocycles. The second-order valence-corrected chi connectivity index (χ2v) is 6.47. The summed E-state index contributed by atoms with van der Waals surface area (Å²) in [6.07, 6.45) is 1.69. The van der Waals surface area contributed by atoms with Crippen molar-refractivity contribution < 1.29 is 4.79 Å². The summed E-state index contributed by atoms with van der Waals surface area (Å²) in [5, 5.41) is 3.32. The molecule has 6 heteroatoms. The molecule has 0 aliphatic carbocycles. The maximum absolute atomic E-state index is 13.1. The topological polar surface area (TPSA) is 84.1 Å². The molecule has 1 aliphatic rings. The number of nitrogens with two attached hydrogens (primary N) is 1. The molecule has 3 heterocycles. The second-order valence-electron chi connectivity index (χ2n) is 6.47. The van der Waals surface area contributed by atoms with E-state index in [0.29, 0.717) is 11.3 Å². The molecule has 6 nitrogen and oxygen atoms in total. The van der Waals surface area contributed by atoms with Gasteiger partial charge in [-0.15, -0.1) is 0 Å². The van der Waals surface area contributed by atoms with Gasteiger partial charge in [0.15, 0.2) is 0 Å². The molecule has 0 amide bonds. The average molecular weight is 359 g/mol. The summed E-state index contributed by atoms with van der Waals surface area (Å²) in [5.41, 5.74) is 8.60. The number of anilines is 2. The van der Waals surface area contributed by atoms with Crippen LogP contribution in [-0.4, -0.2) is 41.9 Å². The molecular formula is C21H21N5O. The summed E-state index contributed by atoms with van der Waals surface area (Å²) < 4.78 is 0. The van der Waals surface area contributed by atoms with Gasteiger partial charge in [0.1, 0.15) is 17.3 Å². The van der Waals surface area contributed by atoms with Crippen LogP contribution in [0.15, 0.2) is 60.8 Å². The number of rotatable bonds is 4. The summed E-state index contributed by atoms with van der Waals surface area (Å²) >= 11 is 0. The van der Waals surface area contributed by atoms with E-state index in [1.165, 1.54) is 0 Å². The molecule has 0 bridgehead atoms. The lowest BCUT2D eigenvalue weighted by Gasteiger charge is -2.28. The predicted molar refractivity (Wildman–Crippen MR) is 107 cm³/mol. The smallest absolute Gasteiger partial charge is 0.215 e. The van der Waals surface area contributed by atoms with Crippen LogP contribution in [0, 0.1) is 0 Å². The van der Waals surface area contributed by atoms with Crippen molar-refractivity contribution in [3.8, 4) is 11.1 Å². The summed E-state index contributed by atoms with van der Waals surface area (Å²) in [6, 6.07) is 17.1. The normalized spacial score (nSPS) is 14.1. The van der Waals surface area contributed by atoms with E-state index in [1.54, 1.807) is 18.3 Å². The molecule has 0 unspecified atom stereocenters. The first-order valence-corrected chi connectivity index (χ1v) is 9.01. The SMILES string of the molecule is Nc1ncc(-c2ccccc2)cc1C(=O)c1cccc(N2CCNCC2)n1. The van der Waals surface area contributed by atoms with Crippen molar-refractivity contribution in [3.05, 3.63) is 72.1 Å². The van der Waals surface area contributed by atoms with Crippen LogP contribution in [0.2, 0.25) is 0 Å². The number of hydrogen-bond donors (Lipinski definition) is 2. The molecule has 136 valence electrons. The molecule has 1 fully saturated rings. The van der Waals surface area contributed by atoms with Gasteiger partial charge in [0, 0.05) is 37.9 Å². The molecule has 2 aromatic heterocycles. The van der Waals surface area contributed by atoms with Gasteiger partial charge in [0.05, 0.1) is 5.56 Å². The van der Waals surface area contributed by atoms with E-state index in [4.69, 9.17) is 5.73 Å². The quantitative estimate of drug-likeness (QED) is 0.696. The lowest BCUT2D eigenvalue weighted by Crippen LogP contribution is -2.44. The summed E-state index contributed by atoms with van der Waals surface area (Å²) in [4.78, 5) is 24.1. The van der Waals surface area contributed by atoms with Gasteiger partial charge >= 0.3 is 0 Å². The van der Waals surface area contributed by atoms with E-state index in [1.807, 2.05) is 42.5 Å². The Hall–Kier alpha value is -3.25. The lowest BCUT2D eigenvalue weighted by atomic mass is 10.0. The Morgan fingerprint density at radius 3 is 2.56 bits per heavy atom. The zero-order chi connectivity index (χ0) is 18.6. The van der Waals surface area contributed by atoms with Gasteiger partial charge in [-0.2, -0.15) is 0 Å². The lowest BCUT2D eigenvalue weighted by molar-refractivity contribution is 0.103. The van der Waals surface area contributed by atoms with Gasteiger partial charge in [-0.25, -0.2) is 9.97 Å². The first-order valence-electron chi connectivity index (χ1n) is 9.01. The van der Waals surface area contributed by atoms with Crippen molar-refractivity contribution in [2.45, 2.75) is 0 Å². The van der Waals surface area contributed by atoms with Gasteiger partial charge in [-0.1, -0.05) is 36.4 Å². The molecule has 1 aromatic carbocycles. The van der Waals surface area contributed by atoms with E-state index < -0.39 is 0 Å². The maximum atomic E-state index is 13.1. The van der Waals surface area contributed by atoms with Gasteiger partial charge in [-0.3, -0.25) is 4.79 Å². The Labute approximate surface area is 158 Å². The number of hydrogen-bond acceptors (Lipinski definition) is 6. The predicted octanol–water partition coefficient (Wildman–Crippen LogP) is 2.37. The third-order valence-electron chi connectivity index (χ3n) is 4.68. The Morgan fingerprint density at radius 1 is 1.00 bits per heavy atom. The Kier molecular flexibility index (Phi) is 4.80. The van der Waals surface area contributed by atoms with Crippen LogP contribution in [0.5, 0.6) is 0 Å². The maximum Gasteiger partial charge on any atom is 0.215 e. The summed E-state index contributed by atoms with van der Waals surface area (Å²) in [6.45, 7) is 3.57. The minimum Gasteiger partial charge on any atom is -0.383 e. The highest BCUT2D eigenvalue weighted by molar-refractivity contribution is 6.11. The van der Waals surface area contributed by atoms with E-state index in [2.05, 4.69) is 20.2 Å². The minimum atomic E-state index is -0.213. The molecule has 0 atom stereocenters. The molecular weight excluding hydrogens is 338 g/mol. The third-order valence-corrected chi connectivity index (χ3v) is 4.68. The van der Waals surface area contributed by atoms with Gasteiger partial charge < -0.3 is 16.0 Å². The first kappa shape index (κ1) is 17.2. The van der Waals surface area contributed by atoms with Crippen molar-refractivity contribution in [1.29, 1.82) is 0 Å². The Morgan fingerprint density at radius 2 is 1.78 bits per heavy atom. The number of ketones is 1. The molecule has 4 rings (SSSR count). The summed E-state index contributed by atoms with van der Waals surface area (Å²) in [5.74, 6) is 0.817. The van der Waals surface area contributed by atoms with Gasteiger partial charge in [0.25, 0.3) is 0 Å². The van der Waals surface area contributed by atoms with Crippen molar-refractivity contribution in [1.82, 2.24) is 15.3 Å². The number of nitrogens with one attached hydrogen (secondary N) is 1. The van der Waals surface area contributed by atoms with E-state index >= 15 is 0 Å². The molecule has 0 spiro atoms. The number of carbonyl (C=O) groups excluding carboxylic acids is 1. The highest BCUT2D eigenvalue weighted by Gasteiger charge is 2.18. The van der Waals surface area contributed by atoms with E-state index in [-0.39, 0.29) is 11.6 Å². The second kappa shape index (κ2) is 7.55. The Bertz CT molecular complexity index is 952. The number of piperazine rings is 1. The zero-order valence-electron chi connectivity index (χ0n) is 14.9. The average Bonchev–Trinajstić information content (AvgIpc) is 2.75. The fraction of sp³-hybridized carbons (Fsp3) is 0.190. The van der Waals surface area contributed by atoms with Crippen LogP contribution in [-0.2, 0) is 0 Å². The van der Waals surface area contributed by atoms with Crippen LogP contribution in [0.25, 0.3) is 11.1 Å². The van der Waals surface area contributed by atoms with Gasteiger partial charge in [0.2, 0.25) is 5.78 Å². The van der Waals surface area contributed by atoms with Crippen molar-refractivity contribution in [3.63, 3.8) is 0 Å². The summed E-state index contributed by atoms with van der Waals surface area (Å²) in [7, 11) is 0. The molecule has 0 saturated carbocycles. The van der Waals surface area contributed by atoms with Crippen LogP contribution in [0.3, 0.4) is 0 Å². The van der Waals surface area contributed by atoms with E-state index in [0.717, 1.165) is 43.1 Å². The highest BCUT2D eigenvalue weighted by atomic mass is 16.1. The van der Waals surface area contributed by atoms with Gasteiger partial charge in [-0.05, 0) is 23.8 Å². The van der Waals surface area contributed by atoms with Crippen LogP contribution >= 0.6 is 0 Å². The van der Waals surface area contributed by atoms with Crippen molar-refractivity contribution in [2.24, 2.45) is 0 Å². The third kappa shape index (κ3) is 3.66. The molecule has 3 aromatic rings. The highest BCUT2D eigenvalue weighted by Crippen LogP contribution is 2.24. The van der Waals surface area contributed by atoms with Crippen LogP contribution in [0.4, 0.5) is 11.6 Å². The van der Waals surface area contributed by atoms with Crippen molar-refractivity contribution >= 4 is 17.4 Å². The number of benzene rings is 1. The molecule has 27 heavy (non-hydrogen) atoms. The van der Waals surface area contributed by atoms with Crippen LogP contribution in [0.1, 0.15) is 16.1 Å². The number of carbonyl (C=O) groups is 1. The van der Waals surface area contributed by atoms with Crippen LogP contribution < -0.4 is 16.0 Å². The zero-order valence-corrected chi connectivity index (χ0v) is 14.9. The fourth-order valence-electron chi connectivity index (χ4n) is 3.20. The number of pyridine rings is 2.